The predicted molar refractivity (Wildman–Crippen MR) is 75.8 cm³/mol. The highest BCUT2D eigenvalue weighted by atomic mass is 16.6. The minimum absolute atomic E-state index is 0.233. The number of ketones is 1. The second-order valence-corrected chi connectivity index (χ2v) is 5.07. The third-order valence-electron chi connectivity index (χ3n) is 3.66. The molecule has 0 aromatic heterocycles. The predicted octanol–water partition coefficient (Wildman–Crippen LogP) is 3.00. The number of benzene rings is 1. The number of Topliss-reactive ketones (excluding diaryl/α,β-unsaturated/α-hetero) is 1. The normalized spacial score (nSPS) is 16.6. The number of carbonyl (C=O) groups is 2. The fourth-order valence-electron chi connectivity index (χ4n) is 2.42. The molecule has 0 aliphatic heterocycles. The van der Waals surface area contributed by atoms with Gasteiger partial charge in [0.25, 0.3) is 5.78 Å². The van der Waals surface area contributed by atoms with Crippen molar-refractivity contribution in [3.8, 4) is 5.75 Å². The Kier molecular flexibility index (Phi) is 4.59. The summed E-state index contributed by atoms with van der Waals surface area (Å²) < 4.78 is 10.2. The van der Waals surface area contributed by atoms with E-state index < -0.39 is 17.5 Å². The number of hydrogen-bond acceptors (Lipinski definition) is 4. The average Bonchev–Trinajstić information content (AvgIpc) is 2.55. The lowest BCUT2D eigenvalue weighted by atomic mass is 9.92. The van der Waals surface area contributed by atoms with Crippen molar-refractivity contribution < 1.29 is 19.1 Å². The van der Waals surface area contributed by atoms with E-state index in [1.54, 1.807) is 12.1 Å². The van der Waals surface area contributed by atoms with Crippen LogP contribution in [0.5, 0.6) is 5.75 Å². The maximum atomic E-state index is 12.1. The highest BCUT2D eigenvalue weighted by Crippen LogP contribution is 2.33. The van der Waals surface area contributed by atoms with Crippen molar-refractivity contribution in [3.63, 3.8) is 0 Å². The van der Waals surface area contributed by atoms with Crippen LogP contribution in [-0.2, 0) is 9.53 Å². The smallest absolute Gasteiger partial charge is 0.385 e. The van der Waals surface area contributed by atoms with Crippen LogP contribution in [0, 0.1) is 6.57 Å². The largest absolute Gasteiger partial charge is 0.497 e. The van der Waals surface area contributed by atoms with Gasteiger partial charge in [-0.15, -0.1) is 0 Å². The van der Waals surface area contributed by atoms with Gasteiger partial charge in [0.05, 0.1) is 20.0 Å². The number of esters is 1. The molecule has 1 fully saturated rings. The van der Waals surface area contributed by atoms with Crippen molar-refractivity contribution in [2.45, 2.75) is 37.8 Å². The quantitative estimate of drug-likeness (QED) is 0.370. The Morgan fingerprint density at radius 1 is 1.14 bits per heavy atom. The zero-order chi connectivity index (χ0) is 15.3. The third-order valence-corrected chi connectivity index (χ3v) is 3.66. The molecule has 1 aromatic carbocycles. The molecular formula is C16H17NO4. The Labute approximate surface area is 123 Å². The zero-order valence-corrected chi connectivity index (χ0v) is 11.9. The standard InChI is InChI=1S/C16H17NO4/c1-17-16(10-4-3-5-11-16)21-15(19)14(18)12-6-8-13(20-2)9-7-12/h6-9H,3-5,10-11H2,2H3. The summed E-state index contributed by atoms with van der Waals surface area (Å²) in [7, 11) is 1.52. The van der Waals surface area contributed by atoms with Crippen LogP contribution in [0.15, 0.2) is 24.3 Å². The monoisotopic (exact) mass is 287 g/mol. The first kappa shape index (κ1) is 15.0. The average molecular weight is 287 g/mol. The number of hydrogen-bond donors (Lipinski definition) is 0. The van der Waals surface area contributed by atoms with E-state index in [-0.39, 0.29) is 5.56 Å². The number of ether oxygens (including phenoxy) is 2. The van der Waals surface area contributed by atoms with Gasteiger partial charge in [0.1, 0.15) is 5.75 Å². The zero-order valence-electron chi connectivity index (χ0n) is 11.9. The topological polar surface area (TPSA) is 57.0 Å². The molecule has 5 nitrogen and oxygen atoms in total. The van der Waals surface area contributed by atoms with Crippen LogP contribution in [-0.4, -0.2) is 24.6 Å². The first-order chi connectivity index (χ1) is 10.1. The molecule has 5 heteroatoms. The summed E-state index contributed by atoms with van der Waals surface area (Å²) in [4.78, 5) is 27.5. The van der Waals surface area contributed by atoms with Crippen molar-refractivity contribution in [1.29, 1.82) is 0 Å². The lowest BCUT2D eigenvalue weighted by molar-refractivity contribution is -0.151. The first-order valence-electron chi connectivity index (χ1n) is 6.90. The van der Waals surface area contributed by atoms with Gasteiger partial charge in [-0.2, -0.15) is 0 Å². The van der Waals surface area contributed by atoms with Gasteiger partial charge in [-0.3, -0.25) is 9.64 Å². The van der Waals surface area contributed by atoms with E-state index in [1.165, 1.54) is 19.2 Å². The minimum atomic E-state index is -1.16. The van der Waals surface area contributed by atoms with Gasteiger partial charge in [0.2, 0.25) is 0 Å². The summed E-state index contributed by atoms with van der Waals surface area (Å²) >= 11 is 0. The Hall–Kier alpha value is -2.35. The second kappa shape index (κ2) is 6.40. The van der Waals surface area contributed by atoms with Crippen molar-refractivity contribution in [2.24, 2.45) is 0 Å². The lowest BCUT2D eigenvalue weighted by Gasteiger charge is -2.24. The number of methoxy groups -OCH3 is 1. The van der Waals surface area contributed by atoms with E-state index in [0.29, 0.717) is 18.6 Å². The van der Waals surface area contributed by atoms with Gasteiger partial charge < -0.3 is 9.47 Å². The molecule has 1 saturated carbocycles. The van der Waals surface area contributed by atoms with Crippen LogP contribution in [0.25, 0.3) is 4.85 Å². The lowest BCUT2D eigenvalue weighted by Crippen LogP contribution is -2.36. The molecular weight excluding hydrogens is 270 g/mol. The third kappa shape index (κ3) is 3.40. The number of rotatable bonds is 4. The van der Waals surface area contributed by atoms with Crippen LogP contribution in [0.3, 0.4) is 0 Å². The van der Waals surface area contributed by atoms with E-state index in [2.05, 4.69) is 4.85 Å². The summed E-state index contributed by atoms with van der Waals surface area (Å²) in [6, 6.07) is 6.22. The van der Waals surface area contributed by atoms with E-state index >= 15 is 0 Å². The van der Waals surface area contributed by atoms with Gasteiger partial charge in [0, 0.05) is 5.56 Å². The molecule has 0 radical (unpaired) electrons. The van der Waals surface area contributed by atoms with Crippen molar-refractivity contribution in [1.82, 2.24) is 0 Å². The molecule has 0 unspecified atom stereocenters. The fourth-order valence-corrected chi connectivity index (χ4v) is 2.42. The van der Waals surface area contributed by atoms with Crippen molar-refractivity contribution in [2.75, 3.05) is 7.11 Å². The molecule has 0 N–H and O–H groups in total. The minimum Gasteiger partial charge on any atom is -0.497 e. The summed E-state index contributed by atoms with van der Waals surface area (Å²) in [6.45, 7) is 7.26. The Morgan fingerprint density at radius 2 is 1.76 bits per heavy atom. The fraction of sp³-hybridized carbons (Fsp3) is 0.438. The maximum absolute atomic E-state index is 12.1. The summed E-state index contributed by atoms with van der Waals surface area (Å²) in [5, 5.41) is 0. The molecule has 0 atom stereocenters. The Morgan fingerprint density at radius 3 is 2.29 bits per heavy atom. The molecule has 2 rings (SSSR count). The van der Waals surface area contributed by atoms with E-state index in [4.69, 9.17) is 16.0 Å². The van der Waals surface area contributed by atoms with Crippen molar-refractivity contribution in [3.05, 3.63) is 41.2 Å². The van der Waals surface area contributed by atoms with Gasteiger partial charge in [0.15, 0.2) is 0 Å². The Balaban J connectivity index is 2.08. The van der Waals surface area contributed by atoms with Crippen LogP contribution >= 0.6 is 0 Å². The van der Waals surface area contributed by atoms with E-state index in [1.807, 2.05) is 0 Å². The molecule has 0 amide bonds. The highest BCUT2D eigenvalue weighted by molar-refractivity contribution is 6.40. The van der Waals surface area contributed by atoms with Gasteiger partial charge >= 0.3 is 11.7 Å². The van der Waals surface area contributed by atoms with Crippen LogP contribution in [0.2, 0.25) is 0 Å². The molecule has 0 spiro atoms. The summed E-state index contributed by atoms with van der Waals surface area (Å²) in [5.41, 5.74) is -0.922. The Bertz CT molecular complexity index is 565. The molecule has 1 aromatic rings. The van der Waals surface area contributed by atoms with Gasteiger partial charge in [-0.25, -0.2) is 11.4 Å². The number of carbonyl (C=O) groups excluding carboxylic acids is 2. The van der Waals surface area contributed by atoms with E-state index in [9.17, 15) is 9.59 Å². The van der Waals surface area contributed by atoms with E-state index in [0.717, 1.165) is 19.3 Å². The SMILES string of the molecule is [C-]#[N+]C1(OC(=O)C(=O)c2ccc(OC)cc2)CCCCC1. The van der Waals surface area contributed by atoms with Crippen LogP contribution in [0.1, 0.15) is 42.5 Å². The highest BCUT2D eigenvalue weighted by Gasteiger charge is 2.43. The first-order valence-corrected chi connectivity index (χ1v) is 6.90. The molecule has 110 valence electrons. The molecule has 21 heavy (non-hydrogen) atoms. The molecule has 0 heterocycles. The second-order valence-electron chi connectivity index (χ2n) is 5.07. The molecule has 1 aliphatic carbocycles. The molecule has 0 saturated heterocycles. The van der Waals surface area contributed by atoms with Crippen molar-refractivity contribution >= 4 is 11.8 Å². The summed E-state index contributed by atoms with van der Waals surface area (Å²) in [6.07, 6.45) is 3.70. The van der Waals surface area contributed by atoms with Crippen LogP contribution in [0.4, 0.5) is 0 Å². The molecule has 0 bridgehead atoms. The summed E-state index contributed by atoms with van der Waals surface area (Å²) in [5.74, 6) is -1.09. The maximum Gasteiger partial charge on any atom is 0.385 e. The van der Waals surface area contributed by atoms with Gasteiger partial charge in [-0.1, -0.05) is 6.42 Å². The number of nitrogens with zero attached hydrogens (tertiary/aromatic N) is 1. The van der Waals surface area contributed by atoms with Crippen LogP contribution < -0.4 is 4.74 Å². The molecule has 1 aliphatic rings. The van der Waals surface area contributed by atoms with Gasteiger partial charge in [-0.05, 0) is 37.1 Å².